The number of ether oxygens (including phenoxy) is 1. The number of anilines is 1. The van der Waals surface area contributed by atoms with E-state index in [1.54, 1.807) is 0 Å². The molecular weight excluding hydrogens is 219 g/mol. The summed E-state index contributed by atoms with van der Waals surface area (Å²) in [5, 5.41) is 0. The SMILES string of the molecule is Nc1ccc(OC2CCCC2(F)F)c(F)c1. The summed E-state index contributed by atoms with van der Waals surface area (Å²) < 4.78 is 44.8. The quantitative estimate of drug-likeness (QED) is 0.794. The van der Waals surface area contributed by atoms with E-state index in [9.17, 15) is 13.2 Å². The highest BCUT2D eigenvalue weighted by Crippen LogP contribution is 2.38. The van der Waals surface area contributed by atoms with Gasteiger partial charge in [-0.2, -0.15) is 0 Å². The van der Waals surface area contributed by atoms with E-state index in [0.717, 1.165) is 6.07 Å². The van der Waals surface area contributed by atoms with Crippen molar-refractivity contribution in [1.82, 2.24) is 0 Å². The second-order valence-electron chi connectivity index (χ2n) is 3.95. The minimum absolute atomic E-state index is 0.166. The van der Waals surface area contributed by atoms with Gasteiger partial charge >= 0.3 is 0 Å². The summed E-state index contributed by atoms with van der Waals surface area (Å²) in [6, 6.07) is 3.76. The molecule has 5 heteroatoms. The summed E-state index contributed by atoms with van der Waals surface area (Å²) in [4.78, 5) is 0. The van der Waals surface area contributed by atoms with Gasteiger partial charge < -0.3 is 10.5 Å². The van der Waals surface area contributed by atoms with Gasteiger partial charge in [-0.3, -0.25) is 0 Å². The molecule has 2 rings (SSSR count). The van der Waals surface area contributed by atoms with E-state index in [1.807, 2.05) is 0 Å². The molecule has 1 atom stereocenters. The fraction of sp³-hybridized carbons (Fsp3) is 0.455. The van der Waals surface area contributed by atoms with Crippen LogP contribution in [-0.2, 0) is 0 Å². The van der Waals surface area contributed by atoms with Crippen LogP contribution in [0.25, 0.3) is 0 Å². The Kier molecular flexibility index (Phi) is 2.69. The fourth-order valence-corrected chi connectivity index (χ4v) is 1.81. The minimum Gasteiger partial charge on any atom is -0.481 e. The molecule has 0 radical (unpaired) electrons. The average molecular weight is 231 g/mol. The lowest BCUT2D eigenvalue weighted by molar-refractivity contribution is -0.0746. The number of nitrogen functional groups attached to an aromatic ring is 1. The van der Waals surface area contributed by atoms with Crippen LogP contribution in [0.4, 0.5) is 18.9 Å². The lowest BCUT2D eigenvalue weighted by atomic mass is 10.2. The van der Waals surface area contributed by atoms with Gasteiger partial charge in [-0.05, 0) is 25.0 Å². The number of alkyl halides is 2. The van der Waals surface area contributed by atoms with Gasteiger partial charge in [0, 0.05) is 18.2 Å². The van der Waals surface area contributed by atoms with Crippen LogP contribution in [0.2, 0.25) is 0 Å². The van der Waals surface area contributed by atoms with Crippen LogP contribution in [0.1, 0.15) is 19.3 Å². The number of nitrogens with two attached hydrogens (primary N) is 1. The van der Waals surface area contributed by atoms with Gasteiger partial charge in [0.2, 0.25) is 0 Å². The molecule has 1 aromatic carbocycles. The van der Waals surface area contributed by atoms with Gasteiger partial charge in [0.15, 0.2) is 17.7 Å². The molecule has 2 nitrogen and oxygen atoms in total. The average Bonchev–Trinajstić information content (AvgIpc) is 2.50. The van der Waals surface area contributed by atoms with Gasteiger partial charge in [-0.25, -0.2) is 13.2 Å². The lowest BCUT2D eigenvalue weighted by Crippen LogP contribution is -2.32. The molecule has 0 heterocycles. The molecule has 1 fully saturated rings. The molecule has 0 saturated heterocycles. The monoisotopic (exact) mass is 231 g/mol. The van der Waals surface area contributed by atoms with Gasteiger partial charge in [-0.15, -0.1) is 0 Å². The van der Waals surface area contributed by atoms with Crippen LogP contribution in [0.3, 0.4) is 0 Å². The first-order valence-corrected chi connectivity index (χ1v) is 5.08. The molecule has 2 N–H and O–H groups in total. The maximum atomic E-state index is 13.3. The molecule has 0 aliphatic heterocycles. The highest BCUT2D eigenvalue weighted by Gasteiger charge is 2.45. The zero-order valence-corrected chi connectivity index (χ0v) is 8.55. The Bertz CT molecular complexity index is 395. The Morgan fingerprint density at radius 3 is 2.69 bits per heavy atom. The fourth-order valence-electron chi connectivity index (χ4n) is 1.81. The predicted octanol–water partition coefficient (Wildman–Crippen LogP) is 2.97. The molecule has 16 heavy (non-hydrogen) atoms. The third-order valence-corrected chi connectivity index (χ3v) is 2.67. The Hall–Kier alpha value is -1.39. The molecule has 1 aliphatic carbocycles. The van der Waals surface area contributed by atoms with Crippen molar-refractivity contribution in [3.05, 3.63) is 24.0 Å². The highest BCUT2D eigenvalue weighted by molar-refractivity contribution is 5.42. The first-order valence-electron chi connectivity index (χ1n) is 5.08. The summed E-state index contributed by atoms with van der Waals surface area (Å²) in [5.74, 6) is -3.74. The Labute approximate surface area is 91.2 Å². The topological polar surface area (TPSA) is 35.2 Å². The largest absolute Gasteiger partial charge is 0.481 e. The van der Waals surface area contributed by atoms with Crippen LogP contribution in [-0.4, -0.2) is 12.0 Å². The van der Waals surface area contributed by atoms with E-state index in [1.165, 1.54) is 12.1 Å². The summed E-state index contributed by atoms with van der Waals surface area (Å²) in [7, 11) is 0. The van der Waals surface area contributed by atoms with Crippen LogP contribution >= 0.6 is 0 Å². The number of hydrogen-bond donors (Lipinski definition) is 1. The molecule has 0 aromatic heterocycles. The van der Waals surface area contributed by atoms with Crippen LogP contribution in [0.5, 0.6) is 5.75 Å². The zero-order chi connectivity index (χ0) is 11.8. The van der Waals surface area contributed by atoms with Gasteiger partial charge in [-0.1, -0.05) is 0 Å². The molecule has 0 spiro atoms. The Morgan fingerprint density at radius 2 is 2.12 bits per heavy atom. The van der Waals surface area contributed by atoms with E-state index in [4.69, 9.17) is 10.5 Å². The van der Waals surface area contributed by atoms with E-state index in [-0.39, 0.29) is 24.3 Å². The molecule has 0 bridgehead atoms. The molecular formula is C11H12F3NO. The third kappa shape index (κ3) is 2.08. The summed E-state index contributed by atoms with van der Waals surface area (Å²) in [6.07, 6.45) is -0.787. The summed E-state index contributed by atoms with van der Waals surface area (Å²) >= 11 is 0. The highest BCUT2D eigenvalue weighted by atomic mass is 19.3. The molecule has 1 aliphatic rings. The second-order valence-corrected chi connectivity index (χ2v) is 3.95. The van der Waals surface area contributed by atoms with Crippen molar-refractivity contribution >= 4 is 5.69 Å². The normalized spacial score (nSPS) is 23.3. The van der Waals surface area contributed by atoms with E-state index in [0.29, 0.717) is 6.42 Å². The van der Waals surface area contributed by atoms with Gasteiger partial charge in [0.1, 0.15) is 0 Å². The van der Waals surface area contributed by atoms with Crippen LogP contribution in [0, 0.1) is 5.82 Å². The minimum atomic E-state index is -2.87. The molecule has 1 unspecified atom stereocenters. The van der Waals surface area contributed by atoms with E-state index in [2.05, 4.69) is 0 Å². The molecule has 88 valence electrons. The molecule has 0 amide bonds. The van der Waals surface area contributed by atoms with Crippen molar-refractivity contribution in [1.29, 1.82) is 0 Å². The molecule has 1 saturated carbocycles. The smallest absolute Gasteiger partial charge is 0.284 e. The standard InChI is InChI=1S/C11H12F3NO/c12-8-6-7(15)3-4-9(8)16-10-2-1-5-11(10,13)14/h3-4,6,10H,1-2,5,15H2. The Balaban J connectivity index is 2.15. The van der Waals surface area contributed by atoms with Crippen molar-refractivity contribution in [2.45, 2.75) is 31.3 Å². The first kappa shape index (κ1) is 11.1. The van der Waals surface area contributed by atoms with Crippen molar-refractivity contribution < 1.29 is 17.9 Å². The number of benzene rings is 1. The number of rotatable bonds is 2. The zero-order valence-electron chi connectivity index (χ0n) is 8.55. The van der Waals surface area contributed by atoms with Crippen LogP contribution < -0.4 is 10.5 Å². The van der Waals surface area contributed by atoms with E-state index >= 15 is 0 Å². The van der Waals surface area contributed by atoms with Gasteiger partial charge in [0.05, 0.1) is 0 Å². The van der Waals surface area contributed by atoms with Crippen molar-refractivity contribution in [2.24, 2.45) is 0 Å². The third-order valence-electron chi connectivity index (χ3n) is 2.67. The van der Waals surface area contributed by atoms with Crippen LogP contribution in [0.15, 0.2) is 18.2 Å². The maximum absolute atomic E-state index is 13.3. The van der Waals surface area contributed by atoms with E-state index < -0.39 is 17.8 Å². The first-order chi connectivity index (χ1) is 7.49. The number of hydrogen-bond acceptors (Lipinski definition) is 2. The lowest BCUT2D eigenvalue weighted by Gasteiger charge is -2.20. The van der Waals surface area contributed by atoms with Crippen molar-refractivity contribution in [3.8, 4) is 5.75 Å². The second kappa shape index (κ2) is 3.88. The predicted molar refractivity (Wildman–Crippen MR) is 54.0 cm³/mol. The maximum Gasteiger partial charge on any atom is 0.284 e. The van der Waals surface area contributed by atoms with Gasteiger partial charge in [0.25, 0.3) is 5.92 Å². The molecule has 1 aromatic rings. The van der Waals surface area contributed by atoms with Crippen molar-refractivity contribution in [3.63, 3.8) is 0 Å². The summed E-state index contributed by atoms with van der Waals surface area (Å²) in [6.45, 7) is 0. The summed E-state index contributed by atoms with van der Waals surface area (Å²) in [5.41, 5.74) is 5.58. The Morgan fingerprint density at radius 1 is 1.38 bits per heavy atom. The number of halogens is 3. The van der Waals surface area contributed by atoms with Crippen molar-refractivity contribution in [2.75, 3.05) is 5.73 Å².